The van der Waals surface area contributed by atoms with Gasteiger partial charge < -0.3 is 5.32 Å². The monoisotopic (exact) mass is 268 g/mol. The molecule has 0 spiro atoms. The summed E-state index contributed by atoms with van der Waals surface area (Å²) >= 11 is 5.95. The fraction of sp³-hybridized carbons (Fsp3) is 0.538. The van der Waals surface area contributed by atoms with E-state index in [0.717, 1.165) is 24.1 Å². The Hall–Kier alpha value is -1.29. The Morgan fingerprint density at radius 1 is 1.39 bits per heavy atom. The molecule has 1 saturated carbocycles. The summed E-state index contributed by atoms with van der Waals surface area (Å²) in [5.41, 5.74) is 1.81. The molecular weight excluding hydrogens is 252 g/mol. The van der Waals surface area contributed by atoms with Gasteiger partial charge in [-0.3, -0.25) is 10.1 Å². The van der Waals surface area contributed by atoms with Gasteiger partial charge in [-0.2, -0.15) is 0 Å². The number of benzene rings is 1. The molecule has 0 amide bonds. The quantitative estimate of drug-likeness (QED) is 0.657. The van der Waals surface area contributed by atoms with Crippen molar-refractivity contribution >= 4 is 23.0 Å². The van der Waals surface area contributed by atoms with E-state index in [2.05, 4.69) is 12.2 Å². The minimum absolute atomic E-state index is 0.0312. The average Bonchev–Trinajstić information content (AvgIpc) is 2.69. The second-order valence-electron chi connectivity index (χ2n) is 5.27. The van der Waals surface area contributed by atoms with Crippen LogP contribution in [0.15, 0.2) is 12.1 Å². The maximum Gasteiger partial charge on any atom is 0.288 e. The molecule has 1 N–H and O–H groups in total. The van der Waals surface area contributed by atoms with Crippen LogP contribution in [0.4, 0.5) is 11.4 Å². The number of nitro benzene ring substituents is 1. The van der Waals surface area contributed by atoms with Crippen molar-refractivity contribution in [3.63, 3.8) is 0 Å². The number of anilines is 1. The van der Waals surface area contributed by atoms with E-state index in [1.165, 1.54) is 18.9 Å². The number of hydrogen-bond acceptors (Lipinski definition) is 3. The summed E-state index contributed by atoms with van der Waals surface area (Å²) in [5, 5.41) is 14.5. The minimum atomic E-state index is -0.448. The summed E-state index contributed by atoms with van der Waals surface area (Å²) in [6, 6.07) is 3.20. The van der Waals surface area contributed by atoms with Crippen molar-refractivity contribution in [1.82, 2.24) is 0 Å². The number of halogens is 1. The Morgan fingerprint density at radius 3 is 2.56 bits per heavy atom. The van der Waals surface area contributed by atoms with Gasteiger partial charge in [0.25, 0.3) is 5.69 Å². The van der Waals surface area contributed by atoms with Crippen LogP contribution < -0.4 is 5.32 Å². The van der Waals surface area contributed by atoms with Crippen LogP contribution in [0.1, 0.15) is 38.2 Å². The molecule has 1 fully saturated rings. The van der Waals surface area contributed by atoms with Crippen molar-refractivity contribution in [3.8, 4) is 0 Å². The van der Waals surface area contributed by atoms with Crippen LogP contribution in [0.5, 0.6) is 0 Å². The Kier molecular flexibility index (Phi) is 3.48. The van der Waals surface area contributed by atoms with Crippen LogP contribution in [0.3, 0.4) is 0 Å². The fourth-order valence-electron chi connectivity index (χ4n) is 2.55. The largest absolute Gasteiger partial charge is 0.380 e. The van der Waals surface area contributed by atoms with Gasteiger partial charge in [0.05, 0.1) is 4.92 Å². The Balaban J connectivity index is 2.29. The topological polar surface area (TPSA) is 55.2 Å². The maximum absolute atomic E-state index is 10.8. The smallest absolute Gasteiger partial charge is 0.288 e. The highest BCUT2D eigenvalue weighted by molar-refractivity contribution is 6.33. The summed E-state index contributed by atoms with van der Waals surface area (Å²) in [6.07, 6.45) is 4.70. The Labute approximate surface area is 111 Å². The molecule has 1 aromatic carbocycles. The van der Waals surface area contributed by atoms with E-state index >= 15 is 0 Å². The first-order valence-corrected chi connectivity index (χ1v) is 6.52. The number of rotatable bonds is 3. The van der Waals surface area contributed by atoms with E-state index in [4.69, 9.17) is 11.6 Å². The van der Waals surface area contributed by atoms with Gasteiger partial charge in [0, 0.05) is 17.3 Å². The average molecular weight is 269 g/mol. The predicted octanol–water partition coefficient (Wildman–Crippen LogP) is 4.30. The van der Waals surface area contributed by atoms with Crippen LogP contribution in [0, 0.1) is 17.0 Å². The fourth-order valence-corrected chi connectivity index (χ4v) is 2.78. The van der Waals surface area contributed by atoms with Gasteiger partial charge >= 0.3 is 0 Å². The molecule has 4 nitrogen and oxygen atoms in total. The summed E-state index contributed by atoms with van der Waals surface area (Å²) in [5.74, 6) is 0. The molecule has 1 aliphatic carbocycles. The van der Waals surface area contributed by atoms with E-state index in [9.17, 15) is 10.1 Å². The number of nitro groups is 1. The predicted molar refractivity (Wildman–Crippen MR) is 73.3 cm³/mol. The third kappa shape index (κ3) is 2.58. The third-order valence-electron chi connectivity index (χ3n) is 3.63. The first kappa shape index (κ1) is 13.1. The zero-order chi connectivity index (χ0) is 13.3. The first-order chi connectivity index (χ1) is 8.41. The van der Waals surface area contributed by atoms with E-state index in [0.29, 0.717) is 0 Å². The summed E-state index contributed by atoms with van der Waals surface area (Å²) < 4.78 is 0. The molecule has 0 heterocycles. The second kappa shape index (κ2) is 4.76. The van der Waals surface area contributed by atoms with Crippen molar-refractivity contribution in [2.75, 3.05) is 5.32 Å². The maximum atomic E-state index is 10.8. The molecule has 0 aliphatic heterocycles. The number of nitrogens with one attached hydrogen (secondary N) is 1. The van der Waals surface area contributed by atoms with Crippen molar-refractivity contribution in [2.45, 2.75) is 45.1 Å². The van der Waals surface area contributed by atoms with Crippen molar-refractivity contribution in [1.29, 1.82) is 0 Å². The van der Waals surface area contributed by atoms with Gasteiger partial charge in [-0.15, -0.1) is 0 Å². The highest BCUT2D eigenvalue weighted by Crippen LogP contribution is 2.36. The lowest BCUT2D eigenvalue weighted by Crippen LogP contribution is -2.31. The molecule has 0 unspecified atom stereocenters. The number of hydrogen-bond donors (Lipinski definition) is 1. The molecule has 0 radical (unpaired) electrons. The Morgan fingerprint density at radius 2 is 2.00 bits per heavy atom. The van der Waals surface area contributed by atoms with Crippen LogP contribution in [-0.2, 0) is 0 Å². The molecule has 0 saturated heterocycles. The molecule has 0 atom stereocenters. The summed E-state index contributed by atoms with van der Waals surface area (Å²) in [7, 11) is 0. The second-order valence-corrected chi connectivity index (χ2v) is 5.68. The molecule has 0 bridgehead atoms. The van der Waals surface area contributed by atoms with Crippen molar-refractivity contribution in [2.24, 2.45) is 0 Å². The summed E-state index contributed by atoms with van der Waals surface area (Å²) in [4.78, 5) is 10.3. The van der Waals surface area contributed by atoms with Crippen LogP contribution in [0.2, 0.25) is 5.02 Å². The lowest BCUT2D eigenvalue weighted by atomic mass is 9.99. The summed E-state index contributed by atoms with van der Waals surface area (Å²) in [6.45, 7) is 4.05. The van der Waals surface area contributed by atoms with Gasteiger partial charge in [0.2, 0.25) is 0 Å². The minimum Gasteiger partial charge on any atom is -0.380 e. The van der Waals surface area contributed by atoms with Gasteiger partial charge in [-0.25, -0.2) is 0 Å². The van der Waals surface area contributed by atoms with E-state index in [1.807, 2.05) is 6.92 Å². The molecule has 5 heteroatoms. The highest BCUT2D eigenvalue weighted by atomic mass is 35.5. The first-order valence-electron chi connectivity index (χ1n) is 6.14. The Bertz CT molecular complexity index is 482. The van der Waals surface area contributed by atoms with Gasteiger partial charge in [-0.05, 0) is 38.3 Å². The highest BCUT2D eigenvalue weighted by Gasteiger charge is 2.29. The number of aryl methyl sites for hydroxylation is 1. The zero-order valence-corrected chi connectivity index (χ0v) is 11.4. The molecule has 0 aromatic heterocycles. The van der Waals surface area contributed by atoms with E-state index in [-0.39, 0.29) is 16.2 Å². The molecule has 1 aliphatic rings. The zero-order valence-electron chi connectivity index (χ0n) is 10.6. The van der Waals surface area contributed by atoms with Crippen molar-refractivity contribution < 1.29 is 4.92 Å². The van der Waals surface area contributed by atoms with E-state index in [1.54, 1.807) is 6.07 Å². The third-order valence-corrected chi connectivity index (χ3v) is 3.94. The van der Waals surface area contributed by atoms with Crippen LogP contribution in [-0.4, -0.2) is 10.5 Å². The lowest BCUT2D eigenvalue weighted by molar-refractivity contribution is -0.384. The molecular formula is C13H17ClN2O2. The van der Waals surface area contributed by atoms with Gasteiger partial charge in [-0.1, -0.05) is 24.4 Å². The normalized spacial score (nSPS) is 17.7. The molecule has 98 valence electrons. The number of nitrogens with zero attached hydrogens (tertiary/aromatic N) is 1. The SMILES string of the molecule is Cc1cc([N+](=O)[O-])c(Cl)cc1NC1(C)CCCC1. The van der Waals surface area contributed by atoms with Crippen molar-refractivity contribution in [3.05, 3.63) is 32.8 Å². The van der Waals surface area contributed by atoms with Gasteiger partial charge in [0.15, 0.2) is 0 Å². The standard InChI is InChI=1S/C13H17ClN2O2/c1-9-7-12(16(17)18)10(14)8-11(9)15-13(2)5-3-4-6-13/h7-8,15H,3-6H2,1-2H3. The van der Waals surface area contributed by atoms with Crippen LogP contribution in [0.25, 0.3) is 0 Å². The lowest BCUT2D eigenvalue weighted by Gasteiger charge is -2.27. The molecule has 1 aromatic rings. The van der Waals surface area contributed by atoms with Crippen LogP contribution >= 0.6 is 11.6 Å². The molecule has 18 heavy (non-hydrogen) atoms. The van der Waals surface area contributed by atoms with E-state index < -0.39 is 4.92 Å². The van der Waals surface area contributed by atoms with Gasteiger partial charge in [0.1, 0.15) is 5.02 Å². The molecule has 2 rings (SSSR count).